The van der Waals surface area contributed by atoms with E-state index < -0.39 is 23.4 Å². The number of rotatable bonds is 13. The smallest absolute Gasteiger partial charge is 0.251 e. The van der Waals surface area contributed by atoms with Crippen LogP contribution in [0.15, 0.2) is 60.7 Å². The number of benzene rings is 4. The number of phenolic OH excluding ortho intramolecular Hbond substituents is 2. The maximum atomic E-state index is 15.2. The highest BCUT2D eigenvalue weighted by Gasteiger charge is 2.40. The molecule has 59 heavy (non-hydrogen) atoms. The maximum Gasteiger partial charge on any atom is 0.251 e. The van der Waals surface area contributed by atoms with Crippen molar-refractivity contribution in [2.75, 3.05) is 0 Å². The van der Waals surface area contributed by atoms with Crippen molar-refractivity contribution in [2.45, 2.75) is 105 Å². The second-order valence-electron chi connectivity index (χ2n) is 17.6. The molecule has 0 heterocycles. The van der Waals surface area contributed by atoms with Gasteiger partial charge in [-0.05, 0) is 154 Å². The average Bonchev–Trinajstić information content (AvgIpc) is 4.12. The summed E-state index contributed by atoms with van der Waals surface area (Å²) < 4.78 is 30.1. The Morgan fingerprint density at radius 1 is 0.661 bits per heavy atom. The van der Waals surface area contributed by atoms with E-state index in [4.69, 9.17) is 0 Å². The predicted molar refractivity (Wildman–Crippen MR) is 223 cm³/mol. The summed E-state index contributed by atoms with van der Waals surface area (Å²) in [5.41, 5.74) is 2.37. The molecule has 5 unspecified atom stereocenters. The molecule has 2 saturated carbocycles. The van der Waals surface area contributed by atoms with Gasteiger partial charge in [0, 0.05) is 57.5 Å². The first-order chi connectivity index (χ1) is 27.7. The molecule has 312 valence electrons. The van der Waals surface area contributed by atoms with Gasteiger partial charge in [-0.2, -0.15) is 0 Å². The number of carbonyl (C=O) groups is 4. The summed E-state index contributed by atoms with van der Waals surface area (Å²) >= 11 is 0. The van der Waals surface area contributed by atoms with Crippen LogP contribution in [-0.2, 0) is 0 Å². The topological polar surface area (TPSA) is 157 Å². The highest BCUT2D eigenvalue weighted by atomic mass is 19.1. The Labute approximate surface area is 344 Å². The number of phenols is 2. The Balaban J connectivity index is 1.04. The lowest BCUT2D eigenvalue weighted by Gasteiger charge is -2.28. The molecule has 2 fully saturated rings. The zero-order valence-corrected chi connectivity index (χ0v) is 34.8. The number of nitrogens with one attached hydrogen (secondary N) is 4. The quantitative estimate of drug-likeness (QED) is 0.0798. The number of hydrogen-bond donors (Lipinski definition) is 6. The molecule has 4 aromatic carbocycles. The molecule has 5 atom stereocenters. The molecule has 6 N–H and O–H groups in total. The van der Waals surface area contributed by atoms with Gasteiger partial charge < -0.3 is 31.5 Å². The van der Waals surface area contributed by atoms with Gasteiger partial charge in [-0.25, -0.2) is 8.78 Å². The number of amides is 4. The fraction of sp³-hybridized carbons (Fsp3) is 0.404. The van der Waals surface area contributed by atoms with Crippen molar-refractivity contribution < 1.29 is 38.2 Å². The van der Waals surface area contributed by atoms with Crippen LogP contribution in [0.4, 0.5) is 8.78 Å². The van der Waals surface area contributed by atoms with Gasteiger partial charge in [0.25, 0.3) is 23.6 Å². The summed E-state index contributed by atoms with van der Waals surface area (Å²) in [5.74, 6) is -3.03. The van der Waals surface area contributed by atoms with Gasteiger partial charge in [0.15, 0.2) is 0 Å². The molecule has 6 rings (SSSR count). The monoisotopic (exact) mass is 808 g/mol. The van der Waals surface area contributed by atoms with Crippen molar-refractivity contribution >= 4 is 23.6 Å². The molecular formula is C47H54F2N4O6. The van der Waals surface area contributed by atoms with Crippen LogP contribution in [0.25, 0.3) is 22.3 Å². The van der Waals surface area contributed by atoms with Crippen LogP contribution < -0.4 is 21.3 Å². The summed E-state index contributed by atoms with van der Waals surface area (Å²) in [6.07, 6.45) is 3.19. The molecule has 10 nitrogen and oxygen atoms in total. The van der Waals surface area contributed by atoms with Crippen LogP contribution in [0.2, 0.25) is 0 Å². The summed E-state index contributed by atoms with van der Waals surface area (Å²) in [5, 5.41) is 33.7. The molecule has 0 bridgehead atoms. The lowest BCUT2D eigenvalue weighted by molar-refractivity contribution is 0.0905. The molecule has 0 saturated heterocycles. The van der Waals surface area contributed by atoms with Gasteiger partial charge in [-0.15, -0.1) is 0 Å². The molecule has 4 aromatic rings. The fourth-order valence-electron chi connectivity index (χ4n) is 7.02. The third-order valence-corrected chi connectivity index (χ3v) is 12.0. The number of aromatic hydroxyl groups is 2. The Kier molecular flexibility index (Phi) is 12.2. The van der Waals surface area contributed by atoms with Crippen LogP contribution in [0.5, 0.6) is 11.5 Å². The van der Waals surface area contributed by atoms with Crippen molar-refractivity contribution in [3.63, 3.8) is 0 Å². The van der Waals surface area contributed by atoms with Gasteiger partial charge in [-0.1, -0.05) is 27.7 Å². The van der Waals surface area contributed by atoms with E-state index in [9.17, 15) is 33.8 Å². The van der Waals surface area contributed by atoms with E-state index in [1.165, 1.54) is 36.4 Å². The van der Waals surface area contributed by atoms with Crippen LogP contribution >= 0.6 is 0 Å². The number of carbonyl (C=O) groups excluding carboxylic acids is 4. The van der Waals surface area contributed by atoms with E-state index in [1.54, 1.807) is 38.1 Å². The number of halogens is 2. The van der Waals surface area contributed by atoms with Gasteiger partial charge >= 0.3 is 0 Å². The van der Waals surface area contributed by atoms with E-state index >= 15 is 4.39 Å². The maximum absolute atomic E-state index is 15.2. The zero-order chi connectivity index (χ0) is 43.1. The normalized spacial score (nSPS) is 17.7. The minimum Gasteiger partial charge on any atom is -0.507 e. The molecule has 2 aliphatic carbocycles. The summed E-state index contributed by atoms with van der Waals surface area (Å²) in [4.78, 5) is 52.1. The average molecular weight is 809 g/mol. The first-order valence-corrected chi connectivity index (χ1v) is 20.2. The Morgan fingerprint density at radius 3 is 1.59 bits per heavy atom. The standard InChI is InChI=1S/C47H54F2N4O6/c1-23(26(4)50-43(56)28-9-13-34(41(54)21-28)36-16-31(18-38(48)24(36)2)45(58)52-33-11-12-33)15-30-20-40(30)53-46(59)32-17-37(25(3)39(49)19-32)35-14-10-29(22-42(35)55)44(57)51-27(5)47(6,7)8/h9-10,13-14,16-19,21-23,26-27,30,33,40,54-55H,11-12,15,20H2,1-8H3,(H,50,56)(H,51,57)(H,52,58)(H,53,59). The largest absolute Gasteiger partial charge is 0.507 e. The molecule has 0 spiro atoms. The second-order valence-corrected chi connectivity index (χ2v) is 17.6. The lowest BCUT2D eigenvalue weighted by atomic mass is 9.88. The Hall–Kier alpha value is -5.78. The summed E-state index contributed by atoms with van der Waals surface area (Å²) in [7, 11) is 0. The van der Waals surface area contributed by atoms with Crippen LogP contribution in [0.3, 0.4) is 0 Å². The van der Waals surface area contributed by atoms with Gasteiger partial charge in [0.2, 0.25) is 0 Å². The molecule has 0 aliphatic heterocycles. The van der Waals surface area contributed by atoms with E-state index in [-0.39, 0.29) is 98.1 Å². The first kappa shape index (κ1) is 42.8. The van der Waals surface area contributed by atoms with Crippen LogP contribution in [-0.4, -0.2) is 58.0 Å². The first-order valence-electron chi connectivity index (χ1n) is 20.2. The van der Waals surface area contributed by atoms with Crippen molar-refractivity contribution in [3.8, 4) is 33.8 Å². The Morgan fingerprint density at radius 2 is 1.14 bits per heavy atom. The number of hydrogen-bond acceptors (Lipinski definition) is 6. The molecular weight excluding hydrogens is 755 g/mol. The van der Waals surface area contributed by atoms with Gasteiger partial charge in [-0.3, -0.25) is 19.2 Å². The highest BCUT2D eigenvalue weighted by Crippen LogP contribution is 2.39. The van der Waals surface area contributed by atoms with Crippen LogP contribution in [0.1, 0.15) is 120 Å². The van der Waals surface area contributed by atoms with Crippen molar-refractivity contribution in [3.05, 3.63) is 106 Å². The van der Waals surface area contributed by atoms with Crippen molar-refractivity contribution in [2.24, 2.45) is 17.3 Å². The van der Waals surface area contributed by atoms with Crippen LogP contribution in [0, 0.1) is 42.7 Å². The van der Waals surface area contributed by atoms with Gasteiger partial charge in [0.1, 0.15) is 23.1 Å². The van der Waals surface area contributed by atoms with E-state index in [1.807, 2.05) is 41.5 Å². The third-order valence-electron chi connectivity index (χ3n) is 12.0. The predicted octanol–water partition coefficient (Wildman–Crippen LogP) is 8.35. The molecule has 12 heteroatoms. The van der Waals surface area contributed by atoms with E-state index in [0.29, 0.717) is 28.7 Å². The molecule has 2 aliphatic rings. The summed E-state index contributed by atoms with van der Waals surface area (Å²) in [6.45, 7) is 15.0. The minimum absolute atomic E-state index is 0.0157. The van der Waals surface area contributed by atoms with E-state index in [2.05, 4.69) is 21.3 Å². The molecule has 4 amide bonds. The molecule has 0 radical (unpaired) electrons. The second kappa shape index (κ2) is 16.8. The lowest BCUT2D eigenvalue weighted by Crippen LogP contribution is -2.41. The SMILES string of the molecule is Cc1c(F)cc(C(=O)NC2CC2)cc1-c1ccc(C(=O)NC(C)C(C)CC2CC2NC(=O)c2cc(F)c(C)c(-c3ccc(C(=O)NC(C)C(C)(C)C)cc3O)c2)cc1O. The van der Waals surface area contributed by atoms with Crippen molar-refractivity contribution in [1.29, 1.82) is 0 Å². The van der Waals surface area contributed by atoms with Gasteiger partial charge in [0.05, 0.1) is 0 Å². The Bertz CT molecular complexity index is 2320. The molecule has 0 aromatic heterocycles. The minimum atomic E-state index is -0.604. The zero-order valence-electron chi connectivity index (χ0n) is 34.8. The fourth-order valence-corrected chi connectivity index (χ4v) is 7.02. The van der Waals surface area contributed by atoms with E-state index in [0.717, 1.165) is 19.3 Å². The highest BCUT2D eigenvalue weighted by molar-refractivity contribution is 5.99. The summed E-state index contributed by atoms with van der Waals surface area (Å²) in [6, 6.07) is 13.9. The third kappa shape index (κ3) is 9.92. The van der Waals surface area contributed by atoms with Crippen molar-refractivity contribution in [1.82, 2.24) is 21.3 Å².